The van der Waals surface area contributed by atoms with Crippen molar-refractivity contribution in [2.24, 2.45) is 11.8 Å². The van der Waals surface area contributed by atoms with E-state index in [0.29, 0.717) is 31.8 Å². The molecule has 148 valence electrons. The molecule has 2 fully saturated rings. The van der Waals surface area contributed by atoms with Gasteiger partial charge in [0.15, 0.2) is 0 Å². The second-order valence-electron chi connectivity index (χ2n) is 8.06. The van der Waals surface area contributed by atoms with Gasteiger partial charge in [-0.25, -0.2) is 4.39 Å². The predicted octanol–water partition coefficient (Wildman–Crippen LogP) is 3.69. The van der Waals surface area contributed by atoms with E-state index in [9.17, 15) is 14.0 Å². The predicted molar refractivity (Wildman–Crippen MR) is 104 cm³/mol. The van der Waals surface area contributed by atoms with Crippen LogP contribution in [0.25, 0.3) is 0 Å². The van der Waals surface area contributed by atoms with Crippen molar-refractivity contribution < 1.29 is 14.0 Å². The molecule has 1 saturated heterocycles. The van der Waals surface area contributed by atoms with E-state index in [1.165, 1.54) is 44.2 Å². The number of carbonyl (C=O) groups excluding carboxylic acids is 2. The first-order valence-electron chi connectivity index (χ1n) is 10.4. The number of aryl methyl sites for hydroxylation is 1. The standard InChI is InChI=1S/C22H31FN2O2/c23-20-11-8-17(9-12-20)7-4-14-24-22(27)19-10-13-21(26)25(16-19)15-18-5-2-1-3-6-18/h8-9,11-12,18-19H,1-7,10,13-16H2,(H,24,27)/t19-/m1/s1. The molecule has 1 aliphatic carbocycles. The van der Waals surface area contributed by atoms with Crippen LogP contribution in [-0.2, 0) is 16.0 Å². The normalized spacial score (nSPS) is 21.3. The van der Waals surface area contributed by atoms with E-state index in [1.54, 1.807) is 12.1 Å². The van der Waals surface area contributed by atoms with Crippen LogP contribution in [0.3, 0.4) is 0 Å². The van der Waals surface area contributed by atoms with E-state index < -0.39 is 0 Å². The number of nitrogens with zero attached hydrogens (tertiary/aromatic N) is 1. The van der Waals surface area contributed by atoms with E-state index >= 15 is 0 Å². The van der Waals surface area contributed by atoms with Crippen molar-refractivity contribution in [2.75, 3.05) is 19.6 Å². The molecule has 0 radical (unpaired) electrons. The molecular weight excluding hydrogens is 343 g/mol. The topological polar surface area (TPSA) is 49.4 Å². The lowest BCUT2D eigenvalue weighted by Crippen LogP contribution is -2.47. The monoisotopic (exact) mass is 374 g/mol. The van der Waals surface area contributed by atoms with Crippen LogP contribution in [0.15, 0.2) is 24.3 Å². The van der Waals surface area contributed by atoms with Crippen molar-refractivity contribution >= 4 is 11.8 Å². The molecule has 27 heavy (non-hydrogen) atoms. The van der Waals surface area contributed by atoms with Crippen LogP contribution in [0, 0.1) is 17.7 Å². The molecule has 4 nitrogen and oxygen atoms in total. The molecule has 0 aromatic heterocycles. The molecule has 1 saturated carbocycles. The molecule has 3 rings (SSSR count). The number of nitrogens with one attached hydrogen (secondary N) is 1. The van der Waals surface area contributed by atoms with Gasteiger partial charge in [0, 0.05) is 26.1 Å². The van der Waals surface area contributed by atoms with Crippen molar-refractivity contribution in [1.29, 1.82) is 0 Å². The first kappa shape index (κ1) is 19.8. The van der Waals surface area contributed by atoms with Gasteiger partial charge in [0.05, 0.1) is 5.92 Å². The van der Waals surface area contributed by atoms with Crippen LogP contribution < -0.4 is 5.32 Å². The summed E-state index contributed by atoms with van der Waals surface area (Å²) in [5.41, 5.74) is 1.08. The summed E-state index contributed by atoms with van der Waals surface area (Å²) in [6.45, 7) is 2.01. The smallest absolute Gasteiger partial charge is 0.224 e. The minimum absolute atomic E-state index is 0.0650. The third kappa shape index (κ3) is 6.05. The summed E-state index contributed by atoms with van der Waals surface area (Å²) in [5, 5.41) is 3.02. The lowest BCUT2D eigenvalue weighted by Gasteiger charge is -2.35. The van der Waals surface area contributed by atoms with Crippen LogP contribution in [0.2, 0.25) is 0 Å². The molecule has 0 bridgehead atoms. The fourth-order valence-electron chi connectivity index (χ4n) is 4.29. The van der Waals surface area contributed by atoms with Gasteiger partial charge in [-0.1, -0.05) is 31.4 Å². The zero-order chi connectivity index (χ0) is 19.1. The van der Waals surface area contributed by atoms with Gasteiger partial charge in [-0.05, 0) is 55.7 Å². The number of rotatable bonds is 7. The Kier molecular flexibility index (Phi) is 7.25. The zero-order valence-corrected chi connectivity index (χ0v) is 16.1. The minimum atomic E-state index is -0.225. The summed E-state index contributed by atoms with van der Waals surface area (Å²) in [6.07, 6.45) is 9.06. The van der Waals surface area contributed by atoms with E-state index in [4.69, 9.17) is 0 Å². The Balaban J connectivity index is 1.39. The van der Waals surface area contributed by atoms with Gasteiger partial charge in [-0.15, -0.1) is 0 Å². The third-order valence-corrected chi connectivity index (χ3v) is 5.93. The molecule has 1 aliphatic heterocycles. The van der Waals surface area contributed by atoms with Crippen LogP contribution in [0.1, 0.15) is 56.9 Å². The molecule has 1 atom stereocenters. The lowest BCUT2D eigenvalue weighted by molar-refractivity contribution is -0.139. The van der Waals surface area contributed by atoms with Gasteiger partial charge in [0.1, 0.15) is 5.82 Å². The average molecular weight is 375 g/mol. The Bertz CT molecular complexity index is 626. The maximum Gasteiger partial charge on any atom is 0.224 e. The maximum absolute atomic E-state index is 12.9. The third-order valence-electron chi connectivity index (χ3n) is 5.93. The zero-order valence-electron chi connectivity index (χ0n) is 16.1. The molecule has 5 heteroatoms. The van der Waals surface area contributed by atoms with Crippen molar-refractivity contribution in [2.45, 2.75) is 57.8 Å². The van der Waals surface area contributed by atoms with Crippen LogP contribution >= 0.6 is 0 Å². The fraction of sp³-hybridized carbons (Fsp3) is 0.636. The van der Waals surface area contributed by atoms with Gasteiger partial charge >= 0.3 is 0 Å². The Morgan fingerprint density at radius 3 is 2.59 bits per heavy atom. The minimum Gasteiger partial charge on any atom is -0.356 e. The van der Waals surface area contributed by atoms with Crippen LogP contribution in [0.4, 0.5) is 4.39 Å². The van der Waals surface area contributed by atoms with E-state index in [1.807, 2.05) is 4.90 Å². The Hall–Kier alpha value is -1.91. The number of likely N-dealkylation sites (tertiary alicyclic amines) is 1. The van der Waals surface area contributed by atoms with Gasteiger partial charge < -0.3 is 10.2 Å². The molecule has 0 spiro atoms. The summed E-state index contributed by atoms with van der Waals surface area (Å²) in [4.78, 5) is 26.7. The van der Waals surface area contributed by atoms with E-state index in [-0.39, 0.29) is 23.5 Å². The van der Waals surface area contributed by atoms with Crippen molar-refractivity contribution in [3.05, 3.63) is 35.6 Å². The largest absolute Gasteiger partial charge is 0.356 e. The molecule has 1 aromatic carbocycles. The summed E-state index contributed by atoms with van der Waals surface area (Å²) in [5.74, 6) is 0.574. The number of benzene rings is 1. The summed E-state index contributed by atoms with van der Waals surface area (Å²) in [7, 11) is 0. The SMILES string of the molecule is O=C(NCCCc1ccc(F)cc1)[C@@H]1CCC(=O)N(CC2CCCCC2)C1. The highest BCUT2D eigenvalue weighted by molar-refractivity contribution is 5.83. The molecule has 2 aliphatic rings. The summed E-state index contributed by atoms with van der Waals surface area (Å²) < 4.78 is 12.9. The van der Waals surface area contributed by atoms with Gasteiger partial charge in [-0.2, -0.15) is 0 Å². The van der Waals surface area contributed by atoms with Crippen LogP contribution in [0.5, 0.6) is 0 Å². The highest BCUT2D eigenvalue weighted by atomic mass is 19.1. The van der Waals surface area contributed by atoms with E-state index in [0.717, 1.165) is 24.9 Å². The summed E-state index contributed by atoms with van der Waals surface area (Å²) in [6, 6.07) is 6.50. The maximum atomic E-state index is 12.9. The Morgan fingerprint density at radius 1 is 1.11 bits per heavy atom. The summed E-state index contributed by atoms with van der Waals surface area (Å²) >= 11 is 0. The van der Waals surface area contributed by atoms with Crippen molar-refractivity contribution in [1.82, 2.24) is 10.2 Å². The first-order valence-corrected chi connectivity index (χ1v) is 10.4. The first-order chi connectivity index (χ1) is 13.1. The molecule has 1 aromatic rings. The molecule has 2 amide bonds. The van der Waals surface area contributed by atoms with E-state index in [2.05, 4.69) is 5.32 Å². The number of hydrogen-bond acceptors (Lipinski definition) is 2. The Labute approximate surface area is 161 Å². The van der Waals surface area contributed by atoms with Gasteiger partial charge in [0.2, 0.25) is 11.8 Å². The number of hydrogen-bond donors (Lipinski definition) is 1. The number of halogens is 1. The number of amides is 2. The number of carbonyl (C=O) groups is 2. The average Bonchev–Trinajstić information content (AvgIpc) is 2.69. The molecule has 0 unspecified atom stereocenters. The van der Waals surface area contributed by atoms with Gasteiger partial charge in [0.25, 0.3) is 0 Å². The van der Waals surface area contributed by atoms with Crippen molar-refractivity contribution in [3.8, 4) is 0 Å². The molecule has 1 heterocycles. The fourth-order valence-corrected chi connectivity index (χ4v) is 4.29. The van der Waals surface area contributed by atoms with Crippen LogP contribution in [-0.4, -0.2) is 36.3 Å². The quantitative estimate of drug-likeness (QED) is 0.740. The second-order valence-corrected chi connectivity index (χ2v) is 8.06. The highest BCUT2D eigenvalue weighted by Gasteiger charge is 2.31. The highest BCUT2D eigenvalue weighted by Crippen LogP contribution is 2.27. The Morgan fingerprint density at radius 2 is 1.85 bits per heavy atom. The van der Waals surface area contributed by atoms with Crippen molar-refractivity contribution in [3.63, 3.8) is 0 Å². The number of piperidine rings is 1. The van der Waals surface area contributed by atoms with Gasteiger partial charge in [-0.3, -0.25) is 9.59 Å². The molecular formula is C22H31FN2O2. The second kappa shape index (κ2) is 9.86. The lowest BCUT2D eigenvalue weighted by atomic mass is 9.87. The molecule has 1 N–H and O–H groups in total.